The Morgan fingerprint density at radius 2 is 2.22 bits per heavy atom. The highest BCUT2D eigenvalue weighted by atomic mass is 32.1. The number of nitrogens with one attached hydrogen (secondary N) is 1. The Labute approximate surface area is 137 Å². The zero-order chi connectivity index (χ0) is 16.8. The SMILES string of the molecule is CC(C)CC(NC(N)=O)C(=O)OCc1nnc(-c2cccs2)o1. The van der Waals surface area contributed by atoms with Crippen LogP contribution in [0.5, 0.6) is 0 Å². The number of carbonyl (C=O) groups is 2. The summed E-state index contributed by atoms with van der Waals surface area (Å²) in [6, 6.07) is 2.15. The first kappa shape index (κ1) is 16.9. The molecule has 0 aliphatic carbocycles. The number of thiophene rings is 1. The highest BCUT2D eigenvalue weighted by Crippen LogP contribution is 2.23. The van der Waals surface area contributed by atoms with E-state index in [1.54, 1.807) is 0 Å². The zero-order valence-electron chi connectivity index (χ0n) is 12.8. The Balaban J connectivity index is 1.93. The van der Waals surface area contributed by atoms with Gasteiger partial charge in [0.15, 0.2) is 6.61 Å². The van der Waals surface area contributed by atoms with Crippen molar-refractivity contribution in [3.8, 4) is 10.8 Å². The molecule has 0 aromatic carbocycles. The number of rotatable bonds is 7. The number of carbonyl (C=O) groups excluding carboxylic acids is 2. The maximum Gasteiger partial charge on any atom is 0.329 e. The first-order chi connectivity index (χ1) is 11.0. The van der Waals surface area contributed by atoms with E-state index in [9.17, 15) is 9.59 Å². The molecule has 2 amide bonds. The van der Waals surface area contributed by atoms with Crippen LogP contribution in [0.4, 0.5) is 4.79 Å². The van der Waals surface area contributed by atoms with Gasteiger partial charge in [-0.2, -0.15) is 0 Å². The molecule has 2 aromatic rings. The molecule has 0 radical (unpaired) electrons. The van der Waals surface area contributed by atoms with Crippen LogP contribution >= 0.6 is 11.3 Å². The average Bonchev–Trinajstić information content (AvgIpc) is 3.13. The number of amides is 2. The van der Waals surface area contributed by atoms with E-state index in [0.29, 0.717) is 12.3 Å². The van der Waals surface area contributed by atoms with Crippen molar-refractivity contribution in [3.63, 3.8) is 0 Å². The molecule has 124 valence electrons. The Hall–Kier alpha value is -2.42. The summed E-state index contributed by atoms with van der Waals surface area (Å²) < 4.78 is 10.5. The summed E-state index contributed by atoms with van der Waals surface area (Å²) in [7, 11) is 0. The lowest BCUT2D eigenvalue weighted by atomic mass is 10.0. The summed E-state index contributed by atoms with van der Waals surface area (Å²) in [4.78, 5) is 23.8. The molecule has 1 atom stereocenters. The minimum atomic E-state index is -0.799. The summed E-state index contributed by atoms with van der Waals surface area (Å²) in [5.74, 6) is 0.158. The molecule has 1 unspecified atom stereocenters. The topological polar surface area (TPSA) is 120 Å². The number of nitrogens with zero attached hydrogens (tertiary/aromatic N) is 2. The van der Waals surface area contributed by atoms with E-state index in [2.05, 4.69) is 15.5 Å². The van der Waals surface area contributed by atoms with Crippen molar-refractivity contribution in [1.82, 2.24) is 15.5 Å². The van der Waals surface area contributed by atoms with E-state index >= 15 is 0 Å². The smallest absolute Gasteiger partial charge is 0.329 e. The van der Waals surface area contributed by atoms with Gasteiger partial charge in [-0.15, -0.1) is 21.5 Å². The van der Waals surface area contributed by atoms with Gasteiger partial charge in [0.25, 0.3) is 11.8 Å². The minimum Gasteiger partial charge on any atom is -0.454 e. The molecule has 2 rings (SSSR count). The van der Waals surface area contributed by atoms with E-state index in [0.717, 1.165) is 4.88 Å². The molecule has 9 heteroatoms. The van der Waals surface area contributed by atoms with Crippen LogP contribution in [0.3, 0.4) is 0 Å². The van der Waals surface area contributed by atoms with Crippen molar-refractivity contribution in [2.24, 2.45) is 11.7 Å². The van der Waals surface area contributed by atoms with E-state index < -0.39 is 18.0 Å². The van der Waals surface area contributed by atoms with Crippen LogP contribution in [0.1, 0.15) is 26.2 Å². The molecule has 0 aliphatic heterocycles. The second-order valence-electron chi connectivity index (χ2n) is 5.28. The number of aromatic nitrogens is 2. The van der Waals surface area contributed by atoms with Crippen LogP contribution in [0.15, 0.2) is 21.9 Å². The maximum atomic E-state index is 12.0. The van der Waals surface area contributed by atoms with Crippen LogP contribution in [-0.4, -0.2) is 28.2 Å². The van der Waals surface area contributed by atoms with Crippen LogP contribution in [-0.2, 0) is 16.1 Å². The molecule has 0 aliphatic rings. The predicted molar refractivity (Wildman–Crippen MR) is 83.4 cm³/mol. The fraction of sp³-hybridized carbons (Fsp3) is 0.429. The molecule has 0 bridgehead atoms. The Kier molecular flexibility index (Phi) is 5.69. The third-order valence-electron chi connectivity index (χ3n) is 2.84. The molecule has 23 heavy (non-hydrogen) atoms. The van der Waals surface area contributed by atoms with Crippen molar-refractivity contribution >= 4 is 23.3 Å². The number of nitrogens with two attached hydrogens (primary N) is 1. The Morgan fingerprint density at radius 3 is 2.83 bits per heavy atom. The Bertz CT molecular complexity index is 654. The first-order valence-corrected chi connectivity index (χ1v) is 7.92. The number of ether oxygens (including phenoxy) is 1. The second-order valence-corrected chi connectivity index (χ2v) is 6.22. The number of hydrogen-bond acceptors (Lipinski definition) is 7. The summed E-state index contributed by atoms with van der Waals surface area (Å²) in [6.07, 6.45) is 0.423. The normalized spacial score (nSPS) is 12.1. The molecule has 0 fully saturated rings. The van der Waals surface area contributed by atoms with Gasteiger partial charge in [-0.25, -0.2) is 9.59 Å². The van der Waals surface area contributed by atoms with Gasteiger partial charge in [-0.05, 0) is 23.8 Å². The lowest BCUT2D eigenvalue weighted by molar-refractivity contribution is -0.148. The van der Waals surface area contributed by atoms with E-state index in [-0.39, 0.29) is 18.4 Å². The van der Waals surface area contributed by atoms with E-state index in [1.165, 1.54) is 11.3 Å². The number of hydrogen-bond donors (Lipinski definition) is 2. The molecule has 0 saturated carbocycles. The average molecular weight is 338 g/mol. The summed E-state index contributed by atoms with van der Waals surface area (Å²) in [5, 5.41) is 12.0. The molecule has 0 spiro atoms. The molecule has 3 N–H and O–H groups in total. The van der Waals surface area contributed by atoms with Gasteiger partial charge >= 0.3 is 12.0 Å². The van der Waals surface area contributed by atoms with Gasteiger partial charge < -0.3 is 20.2 Å². The lowest BCUT2D eigenvalue weighted by Gasteiger charge is -2.17. The van der Waals surface area contributed by atoms with Crippen LogP contribution in [0.25, 0.3) is 10.8 Å². The van der Waals surface area contributed by atoms with Gasteiger partial charge in [0.2, 0.25) is 0 Å². The fourth-order valence-corrected chi connectivity index (χ4v) is 2.55. The highest BCUT2D eigenvalue weighted by molar-refractivity contribution is 7.13. The lowest BCUT2D eigenvalue weighted by Crippen LogP contribution is -2.45. The zero-order valence-corrected chi connectivity index (χ0v) is 13.6. The Morgan fingerprint density at radius 1 is 1.43 bits per heavy atom. The third-order valence-corrected chi connectivity index (χ3v) is 3.70. The van der Waals surface area contributed by atoms with E-state index in [1.807, 2.05) is 31.4 Å². The monoisotopic (exact) mass is 338 g/mol. The van der Waals surface area contributed by atoms with Crippen molar-refractivity contribution in [2.45, 2.75) is 32.9 Å². The van der Waals surface area contributed by atoms with Crippen molar-refractivity contribution in [3.05, 3.63) is 23.4 Å². The number of primary amides is 1. The number of esters is 1. The molecule has 0 saturated heterocycles. The molecule has 2 aromatic heterocycles. The fourth-order valence-electron chi connectivity index (χ4n) is 1.90. The van der Waals surface area contributed by atoms with Crippen molar-refractivity contribution < 1.29 is 18.7 Å². The van der Waals surface area contributed by atoms with Crippen LogP contribution < -0.4 is 11.1 Å². The number of urea groups is 1. The third kappa shape index (κ3) is 5.06. The molecular formula is C14H18N4O4S. The molecule has 2 heterocycles. The van der Waals surface area contributed by atoms with Crippen molar-refractivity contribution in [2.75, 3.05) is 0 Å². The van der Waals surface area contributed by atoms with Gasteiger partial charge in [0, 0.05) is 0 Å². The quantitative estimate of drug-likeness (QED) is 0.744. The van der Waals surface area contributed by atoms with Gasteiger partial charge in [-0.3, -0.25) is 0 Å². The first-order valence-electron chi connectivity index (χ1n) is 7.04. The highest BCUT2D eigenvalue weighted by Gasteiger charge is 2.23. The second kappa shape index (κ2) is 7.73. The summed E-state index contributed by atoms with van der Waals surface area (Å²) >= 11 is 1.47. The standard InChI is InChI=1S/C14H18N4O4S/c1-8(2)6-9(16-14(15)20)13(19)21-7-11-17-18-12(22-11)10-4-3-5-23-10/h3-5,8-9H,6-7H2,1-2H3,(H3,15,16,20). The van der Waals surface area contributed by atoms with Crippen LogP contribution in [0.2, 0.25) is 0 Å². The summed E-state index contributed by atoms with van der Waals surface area (Å²) in [6.45, 7) is 3.69. The van der Waals surface area contributed by atoms with Crippen molar-refractivity contribution in [1.29, 1.82) is 0 Å². The van der Waals surface area contributed by atoms with Gasteiger partial charge in [0.1, 0.15) is 6.04 Å². The predicted octanol–water partition coefficient (Wildman–Crippen LogP) is 1.92. The minimum absolute atomic E-state index is 0.160. The maximum absolute atomic E-state index is 12.0. The van der Waals surface area contributed by atoms with Gasteiger partial charge in [-0.1, -0.05) is 19.9 Å². The van der Waals surface area contributed by atoms with Gasteiger partial charge in [0.05, 0.1) is 4.88 Å². The van der Waals surface area contributed by atoms with E-state index in [4.69, 9.17) is 14.9 Å². The molecule has 8 nitrogen and oxygen atoms in total. The summed E-state index contributed by atoms with van der Waals surface area (Å²) in [5.41, 5.74) is 5.07. The molecular weight excluding hydrogens is 320 g/mol. The largest absolute Gasteiger partial charge is 0.454 e. The van der Waals surface area contributed by atoms with Crippen LogP contribution in [0, 0.1) is 5.92 Å².